The van der Waals surface area contributed by atoms with Gasteiger partial charge in [-0.05, 0) is 20.8 Å². The number of carbonyl (C=O) groups is 4. The highest BCUT2D eigenvalue weighted by atomic mass is 16.7. The zero-order chi connectivity index (χ0) is 25.9. The predicted molar refractivity (Wildman–Crippen MR) is 116 cm³/mol. The van der Waals surface area contributed by atoms with Crippen molar-refractivity contribution >= 4 is 35.0 Å². The zero-order valence-corrected chi connectivity index (χ0v) is 20.3. The Hall–Kier alpha value is -3.61. The number of imidazole rings is 1. The van der Waals surface area contributed by atoms with E-state index >= 15 is 0 Å². The number of nitrogens with zero attached hydrogens (tertiary/aromatic N) is 4. The normalized spacial score (nSPS) is 22.0. The van der Waals surface area contributed by atoms with E-state index in [-0.39, 0.29) is 13.2 Å². The van der Waals surface area contributed by atoms with Crippen molar-refractivity contribution < 1.29 is 42.9 Å². The van der Waals surface area contributed by atoms with Crippen molar-refractivity contribution in [2.24, 2.45) is 5.41 Å². The van der Waals surface area contributed by atoms with E-state index in [4.69, 9.17) is 23.7 Å². The van der Waals surface area contributed by atoms with Crippen molar-refractivity contribution in [3.8, 4) is 0 Å². The van der Waals surface area contributed by atoms with E-state index in [0.29, 0.717) is 16.9 Å². The molecule has 1 aliphatic heterocycles. The smallest absolute Gasteiger partial charge is 0.311 e. The third-order valence-corrected chi connectivity index (χ3v) is 5.00. The fraction of sp³-hybridized carbons (Fsp3) is 0.591. The molecule has 35 heavy (non-hydrogen) atoms. The first kappa shape index (κ1) is 26.0. The number of ether oxygens (including phenoxy) is 5. The molecule has 1 saturated heterocycles. The highest BCUT2D eigenvalue weighted by Gasteiger charge is 2.51. The molecule has 0 spiro atoms. The van der Waals surface area contributed by atoms with Gasteiger partial charge in [0.05, 0.1) is 11.7 Å². The molecule has 13 heteroatoms. The van der Waals surface area contributed by atoms with Gasteiger partial charge in [0.25, 0.3) is 0 Å². The van der Waals surface area contributed by atoms with Crippen LogP contribution in [0.4, 0.5) is 0 Å². The van der Waals surface area contributed by atoms with E-state index in [9.17, 15) is 19.2 Å². The van der Waals surface area contributed by atoms with Crippen molar-refractivity contribution in [3.63, 3.8) is 0 Å². The standard InChI is InChI=1S/C22H28N4O9/c1-11(27)31-8-15-17(33-12(2)28)18(34-13(3)29)20(35-15)26-10-25-16-14(23-9-24-19(16)26)7-32-21(30)22(4,5)6/h9-10,15,17-18,20H,7-8H2,1-6H3/t15-,17-,18-,20-/m1/s1. The van der Waals surface area contributed by atoms with E-state index in [1.807, 2.05) is 0 Å². The third kappa shape index (κ3) is 6.10. The minimum atomic E-state index is -1.09. The molecule has 0 saturated carbocycles. The van der Waals surface area contributed by atoms with Crippen LogP contribution in [0, 0.1) is 5.41 Å². The van der Waals surface area contributed by atoms with Gasteiger partial charge in [0.15, 0.2) is 24.1 Å². The summed E-state index contributed by atoms with van der Waals surface area (Å²) in [6.07, 6.45) is -1.43. The van der Waals surface area contributed by atoms with Gasteiger partial charge in [-0.1, -0.05) is 0 Å². The summed E-state index contributed by atoms with van der Waals surface area (Å²) in [4.78, 5) is 59.9. The molecule has 3 rings (SSSR count). The van der Waals surface area contributed by atoms with Gasteiger partial charge >= 0.3 is 23.9 Å². The van der Waals surface area contributed by atoms with Crippen molar-refractivity contribution in [1.82, 2.24) is 19.5 Å². The molecule has 1 aliphatic rings. The Kier molecular flexibility index (Phi) is 7.68. The van der Waals surface area contributed by atoms with Gasteiger partial charge < -0.3 is 23.7 Å². The summed E-state index contributed by atoms with van der Waals surface area (Å²) < 4.78 is 28.7. The molecule has 4 atom stereocenters. The van der Waals surface area contributed by atoms with E-state index in [0.717, 1.165) is 0 Å². The first-order chi connectivity index (χ1) is 16.4. The monoisotopic (exact) mass is 492 g/mol. The maximum Gasteiger partial charge on any atom is 0.311 e. The first-order valence-corrected chi connectivity index (χ1v) is 10.9. The first-order valence-electron chi connectivity index (χ1n) is 10.9. The van der Waals surface area contributed by atoms with Crippen LogP contribution >= 0.6 is 0 Å². The van der Waals surface area contributed by atoms with Gasteiger partial charge in [0.2, 0.25) is 0 Å². The van der Waals surface area contributed by atoms with Gasteiger partial charge in [0.1, 0.15) is 36.9 Å². The lowest BCUT2D eigenvalue weighted by Gasteiger charge is -2.23. The van der Waals surface area contributed by atoms with Crippen LogP contribution in [0.2, 0.25) is 0 Å². The number of esters is 4. The van der Waals surface area contributed by atoms with Crippen LogP contribution in [-0.2, 0) is 49.5 Å². The fourth-order valence-corrected chi connectivity index (χ4v) is 3.46. The highest BCUT2D eigenvalue weighted by molar-refractivity contribution is 5.76. The molecule has 0 N–H and O–H groups in total. The molecule has 0 bridgehead atoms. The van der Waals surface area contributed by atoms with Crippen molar-refractivity contribution in [1.29, 1.82) is 0 Å². The Balaban J connectivity index is 1.96. The number of aromatic nitrogens is 4. The Morgan fingerprint density at radius 3 is 2.20 bits per heavy atom. The second-order valence-electron chi connectivity index (χ2n) is 8.99. The second-order valence-corrected chi connectivity index (χ2v) is 8.99. The summed E-state index contributed by atoms with van der Waals surface area (Å²) in [5.74, 6) is -2.24. The minimum absolute atomic E-state index is 0.129. The van der Waals surface area contributed by atoms with Crippen LogP contribution in [0.5, 0.6) is 0 Å². The van der Waals surface area contributed by atoms with E-state index in [1.165, 1.54) is 38.0 Å². The van der Waals surface area contributed by atoms with Gasteiger partial charge in [-0.15, -0.1) is 0 Å². The lowest BCUT2D eigenvalue weighted by Crippen LogP contribution is -2.40. The number of hydrogen-bond acceptors (Lipinski definition) is 12. The Bertz CT molecular complexity index is 1120. The Morgan fingerprint density at radius 1 is 0.943 bits per heavy atom. The van der Waals surface area contributed by atoms with Crippen LogP contribution in [0.15, 0.2) is 12.7 Å². The summed E-state index contributed by atoms with van der Waals surface area (Å²) in [5.41, 5.74) is 0.315. The largest absolute Gasteiger partial charge is 0.463 e. The highest BCUT2D eigenvalue weighted by Crippen LogP contribution is 2.36. The molecular formula is C22H28N4O9. The molecule has 13 nitrogen and oxygen atoms in total. The molecular weight excluding hydrogens is 464 g/mol. The van der Waals surface area contributed by atoms with Gasteiger partial charge in [-0.2, -0.15) is 0 Å². The molecule has 190 valence electrons. The maximum absolute atomic E-state index is 12.2. The predicted octanol–water partition coefficient (Wildman–Crippen LogP) is 1.24. The van der Waals surface area contributed by atoms with E-state index in [1.54, 1.807) is 20.8 Å². The van der Waals surface area contributed by atoms with Crippen LogP contribution in [-0.4, -0.2) is 68.3 Å². The Labute approximate surface area is 201 Å². The molecule has 2 aromatic rings. The topological polar surface area (TPSA) is 158 Å². The average molecular weight is 492 g/mol. The lowest BCUT2D eigenvalue weighted by molar-refractivity contribution is -0.166. The minimum Gasteiger partial charge on any atom is -0.463 e. The molecule has 2 aromatic heterocycles. The van der Waals surface area contributed by atoms with Gasteiger partial charge in [-0.3, -0.25) is 23.7 Å². The molecule has 0 unspecified atom stereocenters. The third-order valence-electron chi connectivity index (χ3n) is 5.00. The molecule has 1 fully saturated rings. The maximum atomic E-state index is 12.2. The lowest BCUT2D eigenvalue weighted by atomic mass is 9.97. The SMILES string of the molecule is CC(=O)OC[C@H]1O[C@@H](n2cnc3c(COC(=O)C(C)(C)C)ncnc32)[C@H](OC(C)=O)[C@@H]1OC(C)=O. The molecule has 0 amide bonds. The van der Waals surface area contributed by atoms with Crippen molar-refractivity contribution in [2.45, 2.75) is 72.7 Å². The van der Waals surface area contributed by atoms with Gasteiger partial charge in [-0.25, -0.2) is 15.0 Å². The summed E-state index contributed by atoms with van der Waals surface area (Å²) in [5, 5.41) is 0. The number of carbonyl (C=O) groups excluding carboxylic acids is 4. The number of fused-ring (bicyclic) bond motifs is 1. The van der Waals surface area contributed by atoms with Gasteiger partial charge in [0, 0.05) is 20.8 Å². The van der Waals surface area contributed by atoms with E-state index < -0.39 is 53.8 Å². The van der Waals surface area contributed by atoms with Crippen LogP contribution in [0.1, 0.15) is 53.5 Å². The van der Waals surface area contributed by atoms with Crippen molar-refractivity contribution in [3.05, 3.63) is 18.3 Å². The summed E-state index contributed by atoms with van der Waals surface area (Å²) >= 11 is 0. The summed E-state index contributed by atoms with van der Waals surface area (Å²) in [6.45, 7) is 8.47. The fourth-order valence-electron chi connectivity index (χ4n) is 3.46. The molecule has 0 aromatic carbocycles. The number of rotatable bonds is 7. The number of hydrogen-bond donors (Lipinski definition) is 0. The molecule has 0 aliphatic carbocycles. The molecule has 0 radical (unpaired) electrons. The zero-order valence-electron chi connectivity index (χ0n) is 20.3. The average Bonchev–Trinajstić information content (AvgIpc) is 3.31. The van der Waals surface area contributed by atoms with Crippen LogP contribution in [0.25, 0.3) is 11.2 Å². The van der Waals surface area contributed by atoms with E-state index in [2.05, 4.69) is 15.0 Å². The quantitative estimate of drug-likeness (QED) is 0.403. The summed E-state index contributed by atoms with van der Waals surface area (Å²) in [6, 6.07) is 0. The second kappa shape index (κ2) is 10.3. The van der Waals surface area contributed by atoms with Crippen LogP contribution < -0.4 is 0 Å². The Morgan fingerprint density at radius 2 is 1.60 bits per heavy atom. The van der Waals surface area contributed by atoms with Crippen LogP contribution in [0.3, 0.4) is 0 Å². The van der Waals surface area contributed by atoms with Crippen molar-refractivity contribution in [2.75, 3.05) is 6.61 Å². The molecule has 3 heterocycles. The summed E-state index contributed by atoms with van der Waals surface area (Å²) in [7, 11) is 0.